The molecule has 0 atom stereocenters. The number of nitrogens with one attached hydrogen (secondary N) is 1. The summed E-state index contributed by atoms with van der Waals surface area (Å²) in [5.41, 5.74) is -4.01. The van der Waals surface area contributed by atoms with Gasteiger partial charge in [0.1, 0.15) is 5.75 Å². The Hall–Kier alpha value is -2.98. The van der Waals surface area contributed by atoms with Crippen molar-refractivity contribution in [2.24, 2.45) is 0 Å². The highest BCUT2D eigenvalue weighted by Gasteiger charge is 2.37. The molecule has 12 heteroatoms. The van der Waals surface area contributed by atoms with Crippen molar-refractivity contribution >= 4 is 34.8 Å². The Balaban J connectivity index is 1.84. The van der Waals surface area contributed by atoms with Crippen molar-refractivity contribution in [2.75, 3.05) is 5.32 Å². The Kier molecular flexibility index (Phi) is 6.56. The van der Waals surface area contributed by atoms with E-state index < -0.39 is 35.0 Å². The highest BCUT2D eigenvalue weighted by molar-refractivity contribution is 6.32. The van der Waals surface area contributed by atoms with Gasteiger partial charge in [-0.25, -0.2) is 4.98 Å². The van der Waals surface area contributed by atoms with Crippen LogP contribution in [0.2, 0.25) is 10.0 Å². The van der Waals surface area contributed by atoms with Gasteiger partial charge in [-0.2, -0.15) is 26.3 Å². The molecule has 1 heterocycles. The lowest BCUT2D eigenvalue weighted by Crippen LogP contribution is -2.17. The molecule has 0 unspecified atom stereocenters. The fourth-order valence-electron chi connectivity index (χ4n) is 2.49. The molecule has 0 bridgehead atoms. The SMILES string of the molecule is O=C(Nc1ccc(Oc2ccc(Cl)cn2)c(Cl)c1)c1cc(C(F)(F)F)cc(C(F)(F)F)c1. The van der Waals surface area contributed by atoms with E-state index >= 15 is 0 Å². The first-order valence-corrected chi connectivity index (χ1v) is 9.28. The second-order valence-corrected chi connectivity index (χ2v) is 7.15. The zero-order valence-electron chi connectivity index (χ0n) is 15.5. The average Bonchev–Trinajstić information content (AvgIpc) is 2.70. The Morgan fingerprint density at radius 3 is 2.00 bits per heavy atom. The molecule has 1 aromatic heterocycles. The lowest BCUT2D eigenvalue weighted by molar-refractivity contribution is -0.143. The van der Waals surface area contributed by atoms with Crippen molar-refractivity contribution in [1.29, 1.82) is 0 Å². The number of rotatable bonds is 4. The zero-order chi connectivity index (χ0) is 23.7. The molecule has 32 heavy (non-hydrogen) atoms. The number of benzene rings is 2. The van der Waals surface area contributed by atoms with Gasteiger partial charge in [-0.3, -0.25) is 4.79 Å². The molecule has 0 aliphatic carbocycles. The smallest absolute Gasteiger partial charge is 0.416 e. The van der Waals surface area contributed by atoms with E-state index in [4.69, 9.17) is 27.9 Å². The molecule has 3 rings (SSSR count). The van der Waals surface area contributed by atoms with Crippen molar-refractivity contribution < 1.29 is 35.9 Å². The maximum absolute atomic E-state index is 13.0. The summed E-state index contributed by atoms with van der Waals surface area (Å²) < 4.78 is 83.3. The van der Waals surface area contributed by atoms with E-state index in [1.165, 1.54) is 36.5 Å². The fraction of sp³-hybridized carbons (Fsp3) is 0.100. The van der Waals surface area contributed by atoms with Gasteiger partial charge in [-0.05, 0) is 42.5 Å². The number of anilines is 1. The topological polar surface area (TPSA) is 51.2 Å². The summed E-state index contributed by atoms with van der Waals surface area (Å²) in [5.74, 6) is -0.889. The number of ether oxygens (including phenoxy) is 1. The number of carbonyl (C=O) groups is 1. The summed E-state index contributed by atoms with van der Waals surface area (Å²) >= 11 is 11.8. The van der Waals surface area contributed by atoms with E-state index in [2.05, 4.69) is 10.3 Å². The number of halogens is 8. The van der Waals surface area contributed by atoms with E-state index in [0.29, 0.717) is 17.2 Å². The monoisotopic (exact) mass is 494 g/mol. The predicted molar refractivity (Wildman–Crippen MR) is 105 cm³/mol. The number of pyridine rings is 1. The highest BCUT2D eigenvalue weighted by Crippen LogP contribution is 2.37. The van der Waals surface area contributed by atoms with Crippen LogP contribution in [0.3, 0.4) is 0 Å². The Bertz CT molecular complexity index is 1120. The van der Waals surface area contributed by atoms with Crippen LogP contribution < -0.4 is 10.1 Å². The molecular formula is C20H10Cl2F6N2O2. The Morgan fingerprint density at radius 2 is 1.50 bits per heavy atom. The molecular weight excluding hydrogens is 485 g/mol. The lowest BCUT2D eigenvalue weighted by atomic mass is 10.0. The summed E-state index contributed by atoms with van der Waals surface area (Å²) in [6, 6.07) is 7.44. The van der Waals surface area contributed by atoms with E-state index in [1.807, 2.05) is 0 Å². The van der Waals surface area contributed by atoms with Crippen molar-refractivity contribution in [1.82, 2.24) is 4.98 Å². The van der Waals surface area contributed by atoms with Crippen LogP contribution in [0.15, 0.2) is 54.7 Å². The standard InChI is InChI=1S/C20H10Cl2F6N2O2/c21-13-1-4-17(29-9-13)32-16-3-2-14(8-15(16)22)30-18(31)10-5-11(19(23,24)25)7-12(6-10)20(26,27)28/h1-9H,(H,30,31). The van der Waals surface area contributed by atoms with Gasteiger partial charge in [0.25, 0.3) is 5.91 Å². The summed E-state index contributed by atoms with van der Waals surface area (Å²) in [6.07, 6.45) is -8.81. The maximum atomic E-state index is 13.0. The average molecular weight is 495 g/mol. The van der Waals surface area contributed by atoms with Gasteiger partial charge in [0.15, 0.2) is 0 Å². The Labute approximate surface area is 186 Å². The van der Waals surface area contributed by atoms with Gasteiger partial charge in [-0.15, -0.1) is 0 Å². The lowest BCUT2D eigenvalue weighted by Gasteiger charge is -2.14. The molecule has 0 aliphatic rings. The van der Waals surface area contributed by atoms with E-state index in [0.717, 1.165) is 0 Å². The van der Waals surface area contributed by atoms with Crippen LogP contribution in [0.25, 0.3) is 0 Å². The largest absolute Gasteiger partial charge is 0.437 e. The minimum absolute atomic E-state index is 0.000396. The van der Waals surface area contributed by atoms with Gasteiger partial charge in [0.2, 0.25) is 5.88 Å². The van der Waals surface area contributed by atoms with Crippen molar-refractivity contribution in [2.45, 2.75) is 12.4 Å². The molecule has 0 aliphatic heterocycles. The van der Waals surface area contributed by atoms with E-state index in [1.54, 1.807) is 0 Å². The number of hydrogen-bond acceptors (Lipinski definition) is 3. The first-order valence-electron chi connectivity index (χ1n) is 8.53. The van der Waals surface area contributed by atoms with Gasteiger partial charge >= 0.3 is 12.4 Å². The molecule has 0 radical (unpaired) electrons. The molecule has 4 nitrogen and oxygen atoms in total. The number of aromatic nitrogens is 1. The molecule has 0 fully saturated rings. The predicted octanol–water partition coefficient (Wildman–Crippen LogP) is 7.47. The first-order chi connectivity index (χ1) is 14.8. The normalized spacial score (nSPS) is 11.9. The summed E-state index contributed by atoms with van der Waals surface area (Å²) in [5, 5.41) is 2.59. The molecule has 0 saturated heterocycles. The van der Waals surface area contributed by atoms with E-state index in [9.17, 15) is 31.1 Å². The van der Waals surface area contributed by atoms with Crippen molar-refractivity contribution in [3.05, 3.63) is 81.5 Å². The first kappa shape index (κ1) is 23.7. The Morgan fingerprint density at radius 1 is 0.875 bits per heavy atom. The number of alkyl halides is 6. The summed E-state index contributed by atoms with van der Waals surface area (Å²) in [7, 11) is 0. The van der Waals surface area contributed by atoms with Crippen LogP contribution in [0.5, 0.6) is 11.6 Å². The molecule has 1 amide bonds. The fourth-order valence-corrected chi connectivity index (χ4v) is 2.82. The third-order valence-electron chi connectivity index (χ3n) is 3.95. The second-order valence-electron chi connectivity index (χ2n) is 6.31. The number of carbonyl (C=O) groups excluding carboxylic acids is 1. The summed E-state index contributed by atoms with van der Waals surface area (Å²) in [4.78, 5) is 16.3. The molecule has 1 N–H and O–H groups in total. The van der Waals surface area contributed by atoms with Crippen molar-refractivity contribution in [3.63, 3.8) is 0 Å². The van der Waals surface area contributed by atoms with Crippen LogP contribution >= 0.6 is 23.2 Å². The van der Waals surface area contributed by atoms with Crippen LogP contribution in [-0.2, 0) is 12.4 Å². The quantitative estimate of drug-likeness (QED) is 0.382. The minimum Gasteiger partial charge on any atom is -0.437 e. The van der Waals surface area contributed by atoms with E-state index in [-0.39, 0.29) is 28.4 Å². The number of hydrogen-bond donors (Lipinski definition) is 1. The number of amides is 1. The van der Waals surface area contributed by atoms with Crippen LogP contribution in [0.4, 0.5) is 32.0 Å². The third-order valence-corrected chi connectivity index (χ3v) is 4.47. The van der Waals surface area contributed by atoms with Crippen LogP contribution in [0, 0.1) is 0 Å². The molecule has 0 spiro atoms. The minimum atomic E-state index is -5.08. The zero-order valence-corrected chi connectivity index (χ0v) is 17.0. The van der Waals surface area contributed by atoms with Gasteiger partial charge in [-0.1, -0.05) is 23.2 Å². The van der Waals surface area contributed by atoms with Gasteiger partial charge in [0, 0.05) is 23.5 Å². The summed E-state index contributed by atoms with van der Waals surface area (Å²) in [6.45, 7) is 0. The highest BCUT2D eigenvalue weighted by atomic mass is 35.5. The van der Waals surface area contributed by atoms with Crippen molar-refractivity contribution in [3.8, 4) is 11.6 Å². The maximum Gasteiger partial charge on any atom is 0.416 e. The molecule has 0 saturated carbocycles. The second kappa shape index (κ2) is 8.87. The van der Waals surface area contributed by atoms with Crippen LogP contribution in [-0.4, -0.2) is 10.9 Å². The van der Waals surface area contributed by atoms with Crippen LogP contribution in [0.1, 0.15) is 21.5 Å². The number of nitrogens with zero attached hydrogens (tertiary/aromatic N) is 1. The molecule has 2 aromatic carbocycles. The molecule has 3 aromatic rings. The molecule has 168 valence electrons. The van der Waals surface area contributed by atoms with Gasteiger partial charge < -0.3 is 10.1 Å². The third kappa shape index (κ3) is 5.83. The van der Waals surface area contributed by atoms with Gasteiger partial charge in [0.05, 0.1) is 21.2 Å².